The van der Waals surface area contributed by atoms with E-state index in [0.29, 0.717) is 0 Å². The zero-order valence-electron chi connectivity index (χ0n) is 15.1. The molecule has 0 fully saturated rings. The lowest BCUT2D eigenvalue weighted by Gasteiger charge is -2.33. The van der Waals surface area contributed by atoms with Gasteiger partial charge in [0.05, 0.1) is 27.2 Å². The summed E-state index contributed by atoms with van der Waals surface area (Å²) in [4.78, 5) is 0. The van der Waals surface area contributed by atoms with Crippen LogP contribution in [0.25, 0.3) is 0 Å². The Morgan fingerprint density at radius 1 is 0.750 bits per heavy atom. The summed E-state index contributed by atoms with van der Waals surface area (Å²) >= 11 is 0. The predicted octanol–water partition coefficient (Wildman–Crippen LogP) is 5.06. The van der Waals surface area contributed by atoms with Crippen molar-refractivity contribution in [1.29, 1.82) is 0 Å². The summed E-state index contributed by atoms with van der Waals surface area (Å²) in [6, 6.07) is 3.80. The van der Waals surface area contributed by atoms with Crippen LogP contribution in [0.15, 0.2) is 0 Å². The molecule has 0 aliphatic heterocycles. The summed E-state index contributed by atoms with van der Waals surface area (Å²) in [5.41, 5.74) is 0. The first kappa shape index (κ1) is 20.1. The molecule has 0 amide bonds. The Morgan fingerprint density at radius 2 is 1.30 bits per heavy atom. The van der Waals surface area contributed by atoms with Crippen LogP contribution in [0.5, 0.6) is 0 Å². The van der Waals surface area contributed by atoms with Gasteiger partial charge in [-0.2, -0.15) is 0 Å². The minimum atomic E-state index is -1.38. The average molecular weight is 303 g/mol. The summed E-state index contributed by atoms with van der Waals surface area (Å²) in [7, 11) is 3.34. The molecular formula is C17H40NOSi+. The van der Waals surface area contributed by atoms with Gasteiger partial charge in [0.15, 0.2) is 8.32 Å². The van der Waals surface area contributed by atoms with Crippen LogP contribution in [0.4, 0.5) is 0 Å². The molecule has 0 N–H and O–H groups in total. The fraction of sp³-hybridized carbons (Fsp3) is 1.00. The van der Waals surface area contributed by atoms with Crippen molar-refractivity contribution in [2.24, 2.45) is 0 Å². The van der Waals surface area contributed by atoms with Crippen molar-refractivity contribution in [3.8, 4) is 0 Å². The standard InChI is InChI=1S/C17H40NOSi/c1-7-11-12-13-14-15-18(5,6)16-17-19-20(8-2,9-3)10-4/h7-17H2,1-6H3/q+1. The van der Waals surface area contributed by atoms with Gasteiger partial charge >= 0.3 is 0 Å². The molecule has 20 heavy (non-hydrogen) atoms. The third-order valence-corrected chi connectivity index (χ3v) is 9.59. The number of unbranched alkanes of at least 4 members (excludes halogenated alkanes) is 4. The zero-order chi connectivity index (χ0) is 15.5. The van der Waals surface area contributed by atoms with Crippen molar-refractivity contribution in [3.63, 3.8) is 0 Å². The van der Waals surface area contributed by atoms with Crippen LogP contribution < -0.4 is 0 Å². The lowest BCUT2D eigenvalue weighted by atomic mass is 10.1. The topological polar surface area (TPSA) is 9.23 Å². The fourth-order valence-corrected chi connectivity index (χ4v) is 5.46. The van der Waals surface area contributed by atoms with Gasteiger partial charge in [-0.25, -0.2) is 0 Å². The van der Waals surface area contributed by atoms with Crippen LogP contribution >= 0.6 is 0 Å². The second kappa shape index (κ2) is 10.8. The third kappa shape index (κ3) is 8.43. The molecule has 0 aromatic carbocycles. The quantitative estimate of drug-likeness (QED) is 0.263. The molecule has 0 unspecified atom stereocenters. The highest BCUT2D eigenvalue weighted by molar-refractivity contribution is 6.73. The van der Waals surface area contributed by atoms with Crippen molar-refractivity contribution >= 4 is 8.32 Å². The Balaban J connectivity index is 3.91. The first-order valence-corrected chi connectivity index (χ1v) is 11.4. The van der Waals surface area contributed by atoms with E-state index in [1.165, 1.54) is 63.3 Å². The molecule has 3 heteroatoms. The SMILES string of the molecule is CCCCCCC[N+](C)(C)CCO[Si](CC)(CC)CC. The van der Waals surface area contributed by atoms with E-state index in [4.69, 9.17) is 4.43 Å². The first-order valence-electron chi connectivity index (χ1n) is 8.91. The highest BCUT2D eigenvalue weighted by atomic mass is 28.4. The van der Waals surface area contributed by atoms with Gasteiger partial charge in [-0.15, -0.1) is 0 Å². The largest absolute Gasteiger partial charge is 0.411 e. The molecule has 0 bridgehead atoms. The Hall–Kier alpha value is 0.137. The van der Waals surface area contributed by atoms with E-state index in [1.54, 1.807) is 0 Å². The van der Waals surface area contributed by atoms with E-state index < -0.39 is 8.32 Å². The fourth-order valence-electron chi connectivity index (χ4n) is 2.82. The molecule has 0 aromatic rings. The van der Waals surface area contributed by atoms with Crippen molar-refractivity contribution in [1.82, 2.24) is 0 Å². The van der Waals surface area contributed by atoms with E-state index >= 15 is 0 Å². The molecule has 2 nitrogen and oxygen atoms in total. The lowest BCUT2D eigenvalue weighted by molar-refractivity contribution is -0.890. The van der Waals surface area contributed by atoms with Crippen LogP contribution in [0.2, 0.25) is 18.1 Å². The maximum Gasteiger partial charge on any atom is 0.192 e. The van der Waals surface area contributed by atoms with Gasteiger partial charge in [0, 0.05) is 0 Å². The zero-order valence-corrected chi connectivity index (χ0v) is 16.1. The van der Waals surface area contributed by atoms with Crippen molar-refractivity contribution < 1.29 is 8.91 Å². The van der Waals surface area contributed by atoms with E-state index in [0.717, 1.165) is 11.1 Å². The molecule has 0 aromatic heterocycles. The Kier molecular flexibility index (Phi) is 10.9. The minimum absolute atomic E-state index is 0.962. The number of hydrogen-bond donors (Lipinski definition) is 0. The molecule has 0 rings (SSSR count). The number of quaternary nitrogens is 1. The van der Waals surface area contributed by atoms with Gasteiger partial charge in [-0.3, -0.25) is 0 Å². The van der Waals surface area contributed by atoms with Gasteiger partial charge in [0.25, 0.3) is 0 Å². The van der Waals surface area contributed by atoms with E-state index in [9.17, 15) is 0 Å². The van der Waals surface area contributed by atoms with Crippen LogP contribution in [0.3, 0.4) is 0 Å². The van der Waals surface area contributed by atoms with Crippen LogP contribution in [0.1, 0.15) is 59.8 Å². The number of rotatable bonds is 13. The molecule has 0 atom stereocenters. The Bertz CT molecular complexity index is 219. The van der Waals surface area contributed by atoms with E-state index in [2.05, 4.69) is 41.8 Å². The smallest absolute Gasteiger partial charge is 0.192 e. The predicted molar refractivity (Wildman–Crippen MR) is 93.8 cm³/mol. The van der Waals surface area contributed by atoms with Gasteiger partial charge in [-0.1, -0.05) is 47.0 Å². The van der Waals surface area contributed by atoms with Gasteiger partial charge < -0.3 is 8.91 Å². The highest BCUT2D eigenvalue weighted by Gasteiger charge is 2.29. The van der Waals surface area contributed by atoms with Crippen molar-refractivity contribution in [2.45, 2.75) is 77.9 Å². The first-order chi connectivity index (χ1) is 9.45. The minimum Gasteiger partial charge on any atom is -0.411 e. The van der Waals surface area contributed by atoms with Crippen molar-refractivity contribution in [3.05, 3.63) is 0 Å². The highest BCUT2D eigenvalue weighted by Crippen LogP contribution is 2.21. The molecule has 0 aliphatic carbocycles. The summed E-state index contributed by atoms with van der Waals surface area (Å²) in [6.07, 6.45) is 6.90. The molecule has 0 heterocycles. The number of hydrogen-bond acceptors (Lipinski definition) is 1. The van der Waals surface area contributed by atoms with E-state index in [-0.39, 0.29) is 0 Å². The van der Waals surface area contributed by atoms with Crippen LogP contribution in [-0.2, 0) is 4.43 Å². The molecule has 122 valence electrons. The summed E-state index contributed by atoms with van der Waals surface area (Å²) in [5, 5.41) is 0. The van der Waals surface area contributed by atoms with Crippen molar-refractivity contribution in [2.75, 3.05) is 33.8 Å². The number of nitrogens with zero attached hydrogens (tertiary/aromatic N) is 1. The molecular weight excluding hydrogens is 262 g/mol. The van der Waals surface area contributed by atoms with Gasteiger partial charge in [-0.05, 0) is 31.0 Å². The maximum atomic E-state index is 6.38. The monoisotopic (exact) mass is 302 g/mol. The summed E-state index contributed by atoms with van der Waals surface area (Å²) < 4.78 is 7.50. The maximum absolute atomic E-state index is 6.38. The van der Waals surface area contributed by atoms with Gasteiger partial charge in [0.2, 0.25) is 0 Å². The lowest BCUT2D eigenvalue weighted by Crippen LogP contribution is -2.45. The molecule has 0 aliphatic rings. The summed E-state index contributed by atoms with van der Waals surface area (Å²) in [6.45, 7) is 12.6. The summed E-state index contributed by atoms with van der Waals surface area (Å²) in [5.74, 6) is 0. The third-order valence-electron chi connectivity index (χ3n) is 4.90. The number of likely N-dealkylation sites (N-methyl/N-ethyl adjacent to an activating group) is 1. The molecule has 0 saturated heterocycles. The Morgan fingerprint density at radius 3 is 1.80 bits per heavy atom. The average Bonchev–Trinajstić information content (AvgIpc) is 2.44. The normalized spacial score (nSPS) is 12.9. The van der Waals surface area contributed by atoms with Gasteiger partial charge in [0.1, 0.15) is 6.54 Å². The van der Waals surface area contributed by atoms with E-state index in [1.807, 2.05) is 0 Å². The molecule has 0 spiro atoms. The second-order valence-corrected chi connectivity index (χ2v) is 11.7. The molecule has 0 radical (unpaired) electrons. The molecule has 0 saturated carbocycles. The Labute approximate surface area is 129 Å². The van der Waals surface area contributed by atoms with Crippen LogP contribution in [0, 0.1) is 0 Å². The second-order valence-electron chi connectivity index (χ2n) is 6.89. The van der Waals surface area contributed by atoms with Crippen LogP contribution in [-0.4, -0.2) is 46.6 Å².